The van der Waals surface area contributed by atoms with Crippen molar-refractivity contribution >= 4 is 0 Å². The molecule has 0 radical (unpaired) electrons. The van der Waals surface area contributed by atoms with Gasteiger partial charge in [-0.25, -0.2) is 0 Å². The van der Waals surface area contributed by atoms with Crippen LogP contribution in [0.15, 0.2) is 0 Å². The monoisotopic (exact) mass is 288 g/mol. The van der Waals surface area contributed by atoms with E-state index in [0.717, 1.165) is 6.04 Å². The average Bonchev–Trinajstić information content (AvgIpc) is 2.51. The predicted molar refractivity (Wildman–Crippen MR) is 96.7 cm³/mol. The number of hydrogen-bond acceptors (Lipinski definition) is 2. The van der Waals surface area contributed by atoms with Crippen molar-refractivity contribution in [3.05, 3.63) is 0 Å². The predicted octanol–water partition coefficient (Wildman–Crippen LogP) is 5.28. The molecule has 1 atom stereocenters. The SMILES string of the molecule is CC.CC.CCCC.CCN1CCN(C(C)C)C(C)C1. The first kappa shape index (κ1) is 24.9. The third-order valence-corrected chi connectivity index (χ3v) is 3.37. The van der Waals surface area contributed by atoms with Crippen LogP contribution in [0, 0.1) is 0 Å². The fourth-order valence-corrected chi connectivity index (χ4v) is 2.10. The summed E-state index contributed by atoms with van der Waals surface area (Å²) in [6, 6.07) is 1.44. The highest BCUT2D eigenvalue weighted by Gasteiger charge is 2.23. The summed E-state index contributed by atoms with van der Waals surface area (Å²) in [5, 5.41) is 0. The van der Waals surface area contributed by atoms with Crippen LogP contribution in [-0.4, -0.2) is 48.1 Å². The molecule has 0 bridgehead atoms. The molecule has 1 heterocycles. The molecule has 0 spiro atoms. The number of piperazine rings is 1. The molecule has 20 heavy (non-hydrogen) atoms. The lowest BCUT2D eigenvalue weighted by Crippen LogP contribution is -2.53. The summed E-state index contributed by atoms with van der Waals surface area (Å²) < 4.78 is 0. The molecule has 1 aliphatic rings. The van der Waals surface area contributed by atoms with E-state index in [-0.39, 0.29) is 0 Å². The lowest BCUT2D eigenvalue weighted by Gasteiger charge is -2.41. The highest BCUT2D eigenvalue weighted by atomic mass is 15.3. The summed E-state index contributed by atoms with van der Waals surface area (Å²) in [6.45, 7) is 26.5. The number of nitrogens with zero attached hydrogens (tertiary/aromatic N) is 2. The van der Waals surface area contributed by atoms with Gasteiger partial charge in [-0.3, -0.25) is 4.90 Å². The molecule has 1 fully saturated rings. The lowest BCUT2D eigenvalue weighted by atomic mass is 10.1. The molecule has 0 aromatic carbocycles. The maximum Gasteiger partial charge on any atom is 0.0198 e. The number of unbranched alkanes of at least 4 members (excludes halogenated alkanes) is 1. The van der Waals surface area contributed by atoms with Crippen LogP contribution in [0.5, 0.6) is 0 Å². The Balaban J connectivity index is -0.000000306. The number of hydrogen-bond donors (Lipinski definition) is 0. The Morgan fingerprint density at radius 1 is 0.900 bits per heavy atom. The van der Waals surface area contributed by atoms with Crippen LogP contribution >= 0.6 is 0 Å². The first-order chi connectivity index (χ1) is 9.56. The number of rotatable bonds is 3. The molecule has 0 aromatic rings. The van der Waals surface area contributed by atoms with E-state index in [9.17, 15) is 0 Å². The molecule has 1 rings (SSSR count). The third kappa shape index (κ3) is 12.9. The minimum absolute atomic E-state index is 0.707. The minimum Gasteiger partial charge on any atom is -0.301 e. The van der Waals surface area contributed by atoms with Gasteiger partial charge in [-0.2, -0.15) is 0 Å². The van der Waals surface area contributed by atoms with Gasteiger partial charge in [0.05, 0.1) is 0 Å². The van der Waals surface area contributed by atoms with Gasteiger partial charge in [0.25, 0.3) is 0 Å². The summed E-state index contributed by atoms with van der Waals surface area (Å²) in [4.78, 5) is 5.12. The first-order valence-electron chi connectivity index (χ1n) is 9.04. The van der Waals surface area contributed by atoms with Crippen molar-refractivity contribution in [2.24, 2.45) is 0 Å². The van der Waals surface area contributed by atoms with Crippen LogP contribution in [0.3, 0.4) is 0 Å². The van der Waals surface area contributed by atoms with E-state index in [1.165, 1.54) is 39.0 Å². The normalized spacial score (nSPS) is 19.1. The van der Waals surface area contributed by atoms with Crippen molar-refractivity contribution in [3.63, 3.8) is 0 Å². The van der Waals surface area contributed by atoms with Crippen molar-refractivity contribution in [1.29, 1.82) is 0 Å². The van der Waals surface area contributed by atoms with Crippen molar-refractivity contribution in [2.75, 3.05) is 26.2 Å². The van der Waals surface area contributed by atoms with E-state index in [2.05, 4.69) is 51.3 Å². The van der Waals surface area contributed by atoms with Crippen LogP contribution < -0.4 is 0 Å². The summed E-state index contributed by atoms with van der Waals surface area (Å²) in [6.07, 6.45) is 2.64. The second kappa shape index (κ2) is 18.9. The Morgan fingerprint density at radius 2 is 1.35 bits per heavy atom. The lowest BCUT2D eigenvalue weighted by molar-refractivity contribution is 0.0633. The zero-order valence-electron chi connectivity index (χ0n) is 16.3. The Hall–Kier alpha value is -0.0800. The molecule has 1 unspecified atom stereocenters. The third-order valence-electron chi connectivity index (χ3n) is 3.37. The van der Waals surface area contributed by atoms with E-state index >= 15 is 0 Å². The summed E-state index contributed by atoms with van der Waals surface area (Å²) >= 11 is 0. The fraction of sp³-hybridized carbons (Fsp3) is 1.00. The summed E-state index contributed by atoms with van der Waals surface area (Å²) in [5.74, 6) is 0. The Morgan fingerprint density at radius 3 is 1.60 bits per heavy atom. The molecule has 1 aliphatic heterocycles. The molecular weight excluding hydrogens is 244 g/mol. The largest absolute Gasteiger partial charge is 0.301 e. The smallest absolute Gasteiger partial charge is 0.0198 e. The van der Waals surface area contributed by atoms with Crippen molar-refractivity contribution < 1.29 is 0 Å². The highest BCUT2D eigenvalue weighted by molar-refractivity contribution is 4.80. The molecule has 0 aromatic heterocycles. The van der Waals surface area contributed by atoms with Crippen LogP contribution in [0.4, 0.5) is 0 Å². The van der Waals surface area contributed by atoms with Gasteiger partial charge in [0.1, 0.15) is 0 Å². The second-order valence-electron chi connectivity index (χ2n) is 5.07. The standard InChI is InChI=1S/C10H22N2.C4H10.2C2H6/c1-5-11-6-7-12(9(2)3)10(4)8-11;1-3-4-2;2*1-2/h9-10H,5-8H2,1-4H3;3-4H2,1-2H3;2*1-2H3. The minimum atomic E-state index is 0.707. The van der Waals surface area contributed by atoms with Gasteiger partial charge < -0.3 is 4.90 Å². The van der Waals surface area contributed by atoms with Gasteiger partial charge >= 0.3 is 0 Å². The summed E-state index contributed by atoms with van der Waals surface area (Å²) in [5.41, 5.74) is 0. The Labute approximate surface area is 130 Å². The number of likely N-dealkylation sites (N-methyl/N-ethyl adjacent to an activating group) is 1. The molecule has 2 heteroatoms. The molecule has 0 saturated carbocycles. The molecule has 1 saturated heterocycles. The maximum atomic E-state index is 2.59. The van der Waals surface area contributed by atoms with Gasteiger partial charge in [-0.1, -0.05) is 61.3 Å². The van der Waals surface area contributed by atoms with E-state index in [4.69, 9.17) is 0 Å². The fourth-order valence-electron chi connectivity index (χ4n) is 2.10. The molecule has 0 N–H and O–H groups in total. The van der Waals surface area contributed by atoms with E-state index in [1.807, 2.05) is 27.7 Å². The van der Waals surface area contributed by atoms with Crippen molar-refractivity contribution in [3.8, 4) is 0 Å². The molecule has 126 valence electrons. The summed E-state index contributed by atoms with van der Waals surface area (Å²) in [7, 11) is 0. The van der Waals surface area contributed by atoms with Crippen LogP contribution in [-0.2, 0) is 0 Å². The first-order valence-corrected chi connectivity index (χ1v) is 9.04. The van der Waals surface area contributed by atoms with E-state index < -0.39 is 0 Å². The Bertz CT molecular complexity index is 155. The quantitative estimate of drug-likeness (QED) is 0.697. The zero-order chi connectivity index (χ0) is 16.6. The average molecular weight is 289 g/mol. The van der Waals surface area contributed by atoms with E-state index in [1.54, 1.807) is 0 Å². The van der Waals surface area contributed by atoms with Crippen molar-refractivity contribution in [1.82, 2.24) is 9.80 Å². The molecule has 0 aliphatic carbocycles. The van der Waals surface area contributed by atoms with Gasteiger partial charge in [-0.05, 0) is 27.3 Å². The van der Waals surface area contributed by atoms with Gasteiger partial charge in [0, 0.05) is 31.7 Å². The van der Waals surface area contributed by atoms with Gasteiger partial charge in [0.2, 0.25) is 0 Å². The van der Waals surface area contributed by atoms with Gasteiger partial charge in [-0.15, -0.1) is 0 Å². The Kier molecular flexibility index (Phi) is 23.6. The zero-order valence-corrected chi connectivity index (χ0v) is 16.3. The van der Waals surface area contributed by atoms with Crippen LogP contribution in [0.1, 0.15) is 82.1 Å². The van der Waals surface area contributed by atoms with Crippen molar-refractivity contribution in [2.45, 2.75) is 94.2 Å². The van der Waals surface area contributed by atoms with Crippen LogP contribution in [0.2, 0.25) is 0 Å². The second-order valence-corrected chi connectivity index (χ2v) is 5.07. The maximum absolute atomic E-state index is 2.59. The highest BCUT2D eigenvalue weighted by Crippen LogP contribution is 2.11. The van der Waals surface area contributed by atoms with Gasteiger partial charge in [0.15, 0.2) is 0 Å². The van der Waals surface area contributed by atoms with E-state index in [0.29, 0.717) is 6.04 Å². The topological polar surface area (TPSA) is 6.48 Å². The molecule has 0 amide bonds. The molecular formula is C18H44N2. The van der Waals surface area contributed by atoms with Crippen LogP contribution in [0.25, 0.3) is 0 Å². The molecule has 2 nitrogen and oxygen atoms in total.